The van der Waals surface area contributed by atoms with Gasteiger partial charge in [-0.15, -0.1) is 0 Å². The van der Waals surface area contributed by atoms with E-state index in [1.54, 1.807) is 18.2 Å². The van der Waals surface area contributed by atoms with Crippen molar-refractivity contribution in [3.63, 3.8) is 0 Å². The maximum Gasteiger partial charge on any atom is 0.268 e. The largest absolute Gasteiger partial charge is 0.373 e. The molecule has 4 aromatic rings. The Kier molecular flexibility index (Phi) is 8.05. The van der Waals surface area contributed by atoms with Gasteiger partial charge in [0.05, 0.1) is 12.2 Å². The van der Waals surface area contributed by atoms with E-state index in [-0.39, 0.29) is 29.8 Å². The van der Waals surface area contributed by atoms with Gasteiger partial charge in [-0.1, -0.05) is 42.5 Å². The molecule has 0 spiro atoms. The van der Waals surface area contributed by atoms with Crippen LogP contribution < -0.4 is 10.6 Å². The van der Waals surface area contributed by atoms with Crippen LogP contribution in [0.2, 0.25) is 0 Å². The van der Waals surface area contributed by atoms with Crippen LogP contribution >= 0.6 is 0 Å². The summed E-state index contributed by atoms with van der Waals surface area (Å²) in [6, 6.07) is 23.2. The van der Waals surface area contributed by atoms with Crippen LogP contribution in [0.15, 0.2) is 78.9 Å². The maximum atomic E-state index is 13.5. The molecule has 1 fully saturated rings. The standard InChI is InChI=1S/C31H32FN3O4/c1-31(14-5-15-39-31)21-33-30(37)28-17-24-16-26(34-29(36)20-38-19-23-6-3-2-4-7-23)12-13-27(24)35(28)18-22-8-10-25(32)11-9-22/h2-4,6-13,16-17H,5,14-15,18-21H2,1H3,(H,33,37)(H,34,36)/t31-/m1/s1. The lowest BCUT2D eigenvalue weighted by Crippen LogP contribution is -2.40. The van der Waals surface area contributed by atoms with Crippen molar-refractivity contribution in [1.29, 1.82) is 0 Å². The first kappa shape index (κ1) is 26.6. The average molecular weight is 530 g/mol. The minimum Gasteiger partial charge on any atom is -0.373 e. The van der Waals surface area contributed by atoms with Crippen LogP contribution in [0.3, 0.4) is 0 Å². The van der Waals surface area contributed by atoms with E-state index < -0.39 is 0 Å². The third kappa shape index (κ3) is 6.71. The number of nitrogens with one attached hydrogen (secondary N) is 2. The SMILES string of the molecule is C[C@]1(CNC(=O)c2cc3cc(NC(=O)COCc4ccccc4)ccc3n2Cc2ccc(F)cc2)CCCO1. The van der Waals surface area contributed by atoms with Gasteiger partial charge in [-0.05, 0) is 67.3 Å². The summed E-state index contributed by atoms with van der Waals surface area (Å²) in [7, 11) is 0. The lowest BCUT2D eigenvalue weighted by atomic mass is 10.0. The summed E-state index contributed by atoms with van der Waals surface area (Å²) < 4.78 is 26.8. The Morgan fingerprint density at radius 2 is 1.82 bits per heavy atom. The van der Waals surface area contributed by atoms with Gasteiger partial charge in [-0.2, -0.15) is 0 Å². The molecule has 8 heteroatoms. The molecule has 0 radical (unpaired) electrons. The Labute approximate surface area is 226 Å². The second kappa shape index (κ2) is 11.8. The van der Waals surface area contributed by atoms with E-state index in [1.165, 1.54) is 12.1 Å². The molecular weight excluding hydrogens is 497 g/mol. The number of fused-ring (bicyclic) bond motifs is 1. The lowest BCUT2D eigenvalue weighted by molar-refractivity contribution is -0.121. The average Bonchev–Trinajstić information content (AvgIpc) is 3.53. The molecule has 2 amide bonds. The van der Waals surface area contributed by atoms with Crippen LogP contribution in [0.1, 0.15) is 41.4 Å². The van der Waals surface area contributed by atoms with E-state index in [0.29, 0.717) is 37.7 Å². The summed E-state index contributed by atoms with van der Waals surface area (Å²) in [5.74, 6) is -0.796. The molecule has 7 nitrogen and oxygen atoms in total. The quantitative estimate of drug-likeness (QED) is 0.293. The molecule has 0 unspecified atom stereocenters. The summed E-state index contributed by atoms with van der Waals surface area (Å²) in [5.41, 5.74) is 3.39. The second-order valence-corrected chi connectivity index (χ2v) is 10.1. The minimum absolute atomic E-state index is 0.0764. The van der Waals surface area contributed by atoms with Crippen molar-refractivity contribution < 1.29 is 23.5 Å². The van der Waals surface area contributed by atoms with Crippen molar-refractivity contribution in [2.45, 2.75) is 38.5 Å². The van der Waals surface area contributed by atoms with E-state index >= 15 is 0 Å². The zero-order valence-corrected chi connectivity index (χ0v) is 21.9. The van der Waals surface area contributed by atoms with Crippen LogP contribution in [0, 0.1) is 5.82 Å². The van der Waals surface area contributed by atoms with Crippen LogP contribution in [0.4, 0.5) is 10.1 Å². The molecule has 1 saturated heterocycles. The van der Waals surface area contributed by atoms with Gasteiger partial charge in [0.2, 0.25) is 5.91 Å². The van der Waals surface area contributed by atoms with Crippen molar-refractivity contribution in [3.8, 4) is 0 Å². The zero-order valence-electron chi connectivity index (χ0n) is 21.9. The highest BCUT2D eigenvalue weighted by molar-refractivity contribution is 6.00. The normalized spacial score (nSPS) is 16.9. The van der Waals surface area contributed by atoms with Crippen molar-refractivity contribution in [2.24, 2.45) is 0 Å². The smallest absolute Gasteiger partial charge is 0.268 e. The fourth-order valence-corrected chi connectivity index (χ4v) is 4.85. The minimum atomic E-state index is -0.372. The maximum absolute atomic E-state index is 13.5. The molecular formula is C31H32FN3O4. The van der Waals surface area contributed by atoms with Gasteiger partial charge >= 0.3 is 0 Å². The molecule has 2 heterocycles. The number of nitrogens with zero attached hydrogens (tertiary/aromatic N) is 1. The van der Waals surface area contributed by atoms with Crippen molar-refractivity contribution in [3.05, 3.63) is 102 Å². The Morgan fingerprint density at radius 3 is 2.56 bits per heavy atom. The van der Waals surface area contributed by atoms with Gasteiger partial charge in [0.25, 0.3) is 5.91 Å². The predicted molar refractivity (Wildman–Crippen MR) is 148 cm³/mol. The van der Waals surface area contributed by atoms with E-state index in [4.69, 9.17) is 9.47 Å². The zero-order chi connectivity index (χ0) is 27.2. The van der Waals surface area contributed by atoms with Crippen LogP contribution in [-0.2, 0) is 27.4 Å². The lowest BCUT2D eigenvalue weighted by Gasteiger charge is -2.23. The van der Waals surface area contributed by atoms with E-state index in [9.17, 15) is 14.0 Å². The molecule has 5 rings (SSSR count). The molecule has 0 saturated carbocycles. The first-order chi connectivity index (χ1) is 18.9. The first-order valence-electron chi connectivity index (χ1n) is 13.1. The highest BCUT2D eigenvalue weighted by Gasteiger charge is 2.30. The number of carbonyl (C=O) groups excluding carboxylic acids is 2. The first-order valence-corrected chi connectivity index (χ1v) is 13.1. The molecule has 202 valence electrons. The number of amides is 2. The van der Waals surface area contributed by atoms with Crippen molar-refractivity contribution in [2.75, 3.05) is 25.1 Å². The Balaban J connectivity index is 1.33. The summed E-state index contributed by atoms with van der Waals surface area (Å²) in [5, 5.41) is 6.70. The van der Waals surface area contributed by atoms with Crippen LogP contribution in [-0.4, -0.2) is 41.7 Å². The summed E-state index contributed by atoms with van der Waals surface area (Å²) in [4.78, 5) is 25.8. The monoisotopic (exact) mass is 529 g/mol. The third-order valence-electron chi connectivity index (χ3n) is 6.94. The predicted octanol–water partition coefficient (Wildman–Crippen LogP) is 5.28. The highest BCUT2D eigenvalue weighted by atomic mass is 19.1. The Morgan fingerprint density at radius 1 is 1.03 bits per heavy atom. The number of benzene rings is 3. The van der Waals surface area contributed by atoms with Gasteiger partial charge in [0, 0.05) is 36.3 Å². The number of hydrogen-bond donors (Lipinski definition) is 2. The van der Waals surface area contributed by atoms with Crippen LogP contribution in [0.5, 0.6) is 0 Å². The van der Waals surface area contributed by atoms with Gasteiger partial charge in [0.1, 0.15) is 18.1 Å². The molecule has 1 aromatic heterocycles. The van der Waals surface area contributed by atoms with E-state index in [0.717, 1.165) is 34.9 Å². The van der Waals surface area contributed by atoms with Gasteiger partial charge in [-0.3, -0.25) is 9.59 Å². The molecule has 0 aliphatic carbocycles. The fraction of sp³-hybridized carbons (Fsp3) is 0.290. The number of anilines is 1. The van der Waals surface area contributed by atoms with Gasteiger partial charge in [0.15, 0.2) is 0 Å². The molecule has 39 heavy (non-hydrogen) atoms. The van der Waals surface area contributed by atoms with Crippen LogP contribution in [0.25, 0.3) is 10.9 Å². The van der Waals surface area contributed by atoms with E-state index in [2.05, 4.69) is 10.6 Å². The Hall–Kier alpha value is -4.01. The summed E-state index contributed by atoms with van der Waals surface area (Å²) >= 11 is 0. The highest BCUT2D eigenvalue weighted by Crippen LogP contribution is 2.27. The molecule has 0 bridgehead atoms. The number of hydrogen-bond acceptors (Lipinski definition) is 4. The third-order valence-corrected chi connectivity index (χ3v) is 6.94. The number of rotatable bonds is 10. The number of halogens is 1. The van der Waals surface area contributed by atoms with Gasteiger partial charge < -0.3 is 24.7 Å². The molecule has 3 aromatic carbocycles. The topological polar surface area (TPSA) is 81.6 Å². The second-order valence-electron chi connectivity index (χ2n) is 10.1. The fourth-order valence-electron chi connectivity index (χ4n) is 4.85. The Bertz CT molecular complexity index is 1440. The number of aromatic nitrogens is 1. The molecule has 1 aliphatic rings. The van der Waals surface area contributed by atoms with Crippen molar-refractivity contribution in [1.82, 2.24) is 9.88 Å². The molecule has 2 N–H and O–H groups in total. The van der Waals surface area contributed by atoms with Crippen molar-refractivity contribution >= 4 is 28.4 Å². The van der Waals surface area contributed by atoms with E-state index in [1.807, 2.05) is 60.0 Å². The summed E-state index contributed by atoms with van der Waals surface area (Å²) in [6.07, 6.45) is 1.87. The molecule has 1 aliphatic heterocycles. The number of carbonyl (C=O) groups is 2. The number of ether oxygens (including phenoxy) is 2. The summed E-state index contributed by atoms with van der Waals surface area (Å²) in [6.45, 7) is 3.78. The van der Waals surface area contributed by atoms with Gasteiger partial charge in [-0.25, -0.2) is 4.39 Å². The molecule has 1 atom stereocenters.